The minimum atomic E-state index is -1.06. The lowest BCUT2D eigenvalue weighted by atomic mass is 10.1. The first-order valence-corrected chi connectivity index (χ1v) is 10.6. The molecule has 28 heavy (non-hydrogen) atoms. The van der Waals surface area contributed by atoms with Crippen molar-refractivity contribution in [2.75, 3.05) is 18.6 Å². The number of benzene rings is 1. The summed E-state index contributed by atoms with van der Waals surface area (Å²) in [5, 5.41) is 2.75. The monoisotopic (exact) mass is 406 g/mol. The van der Waals surface area contributed by atoms with Crippen LogP contribution in [0.5, 0.6) is 0 Å². The van der Waals surface area contributed by atoms with Gasteiger partial charge in [0.15, 0.2) is 6.61 Å². The number of nitrogens with zero attached hydrogens (tertiary/aromatic N) is 1. The van der Waals surface area contributed by atoms with Crippen LogP contribution in [0.1, 0.15) is 47.9 Å². The summed E-state index contributed by atoms with van der Waals surface area (Å²) in [6.07, 6.45) is 2.13. The number of esters is 1. The number of carbonyl (C=O) groups is 4. The number of nitrogens with one attached hydrogen (secondary N) is 1. The number of fused-ring (bicyclic) bond motifs is 1. The van der Waals surface area contributed by atoms with E-state index in [9.17, 15) is 19.2 Å². The Kier molecular flexibility index (Phi) is 7.62. The van der Waals surface area contributed by atoms with Gasteiger partial charge in [0.25, 0.3) is 17.7 Å². The first kappa shape index (κ1) is 21.9. The minimum Gasteiger partial charge on any atom is -0.454 e. The van der Waals surface area contributed by atoms with Gasteiger partial charge in [-0.15, -0.1) is 0 Å². The summed E-state index contributed by atoms with van der Waals surface area (Å²) < 4.78 is 5.15. The van der Waals surface area contributed by atoms with E-state index in [0.29, 0.717) is 5.75 Å². The van der Waals surface area contributed by atoms with Crippen LogP contribution in [0.3, 0.4) is 0 Å². The molecule has 2 atom stereocenters. The van der Waals surface area contributed by atoms with Gasteiger partial charge in [0.1, 0.15) is 6.04 Å². The average Bonchev–Trinajstić information content (AvgIpc) is 2.92. The summed E-state index contributed by atoms with van der Waals surface area (Å²) in [5.74, 6) is -1.39. The maximum Gasteiger partial charge on any atom is 0.329 e. The van der Waals surface area contributed by atoms with Gasteiger partial charge in [0.2, 0.25) is 0 Å². The van der Waals surface area contributed by atoms with Crippen LogP contribution < -0.4 is 5.32 Å². The van der Waals surface area contributed by atoms with Crippen LogP contribution in [-0.4, -0.2) is 59.3 Å². The summed E-state index contributed by atoms with van der Waals surface area (Å²) in [7, 11) is 0. The fraction of sp³-hybridized carbons (Fsp3) is 0.500. The lowest BCUT2D eigenvalue weighted by Gasteiger charge is -2.24. The molecule has 2 rings (SSSR count). The summed E-state index contributed by atoms with van der Waals surface area (Å²) in [5.41, 5.74) is 0.552. The van der Waals surface area contributed by atoms with Crippen molar-refractivity contribution < 1.29 is 23.9 Å². The molecule has 3 amide bonds. The second-order valence-corrected chi connectivity index (χ2v) is 8.02. The number of carbonyl (C=O) groups excluding carboxylic acids is 4. The zero-order chi connectivity index (χ0) is 20.8. The molecule has 0 saturated heterocycles. The third kappa shape index (κ3) is 4.92. The van der Waals surface area contributed by atoms with Gasteiger partial charge in [-0.1, -0.05) is 26.0 Å². The highest BCUT2D eigenvalue weighted by Crippen LogP contribution is 2.26. The van der Waals surface area contributed by atoms with Crippen LogP contribution in [0.15, 0.2) is 24.3 Å². The van der Waals surface area contributed by atoms with Crippen molar-refractivity contribution in [2.45, 2.75) is 39.3 Å². The summed E-state index contributed by atoms with van der Waals surface area (Å²) in [6.45, 7) is 5.36. The molecule has 7 nitrogen and oxygen atoms in total. The third-order valence-corrected chi connectivity index (χ3v) is 5.38. The van der Waals surface area contributed by atoms with E-state index in [-0.39, 0.29) is 29.5 Å². The standard InChI is InChI=1S/C20H26N2O5S/c1-12(2)13(3)21-17(23)11-27-20(26)16(9-10-28-4)22-18(24)14-7-5-6-8-15(14)19(22)25/h5-8,12-13,16H,9-11H2,1-4H3,(H,21,23)/t13-,16+/m0/s1. The summed E-state index contributed by atoms with van der Waals surface area (Å²) >= 11 is 1.49. The van der Waals surface area contributed by atoms with Crippen LogP contribution in [0.2, 0.25) is 0 Å². The van der Waals surface area contributed by atoms with Crippen molar-refractivity contribution in [3.63, 3.8) is 0 Å². The fourth-order valence-electron chi connectivity index (χ4n) is 2.77. The number of rotatable bonds is 9. The fourth-order valence-corrected chi connectivity index (χ4v) is 3.23. The molecule has 8 heteroatoms. The molecular formula is C20H26N2O5S. The highest BCUT2D eigenvalue weighted by atomic mass is 32.2. The summed E-state index contributed by atoms with van der Waals surface area (Å²) in [6, 6.07) is 5.34. The van der Waals surface area contributed by atoms with Crippen LogP contribution in [-0.2, 0) is 14.3 Å². The van der Waals surface area contributed by atoms with Gasteiger partial charge < -0.3 is 10.1 Å². The van der Waals surface area contributed by atoms with E-state index in [0.717, 1.165) is 4.90 Å². The van der Waals surface area contributed by atoms with E-state index in [1.165, 1.54) is 11.8 Å². The number of hydrogen-bond acceptors (Lipinski definition) is 6. The average molecular weight is 407 g/mol. The van der Waals surface area contributed by atoms with Gasteiger partial charge in [0, 0.05) is 6.04 Å². The second kappa shape index (κ2) is 9.73. The van der Waals surface area contributed by atoms with Gasteiger partial charge in [-0.05, 0) is 43.4 Å². The van der Waals surface area contributed by atoms with Gasteiger partial charge in [-0.25, -0.2) is 4.79 Å². The molecule has 0 aliphatic carbocycles. The van der Waals surface area contributed by atoms with Gasteiger partial charge in [-0.2, -0.15) is 11.8 Å². The lowest BCUT2D eigenvalue weighted by molar-refractivity contribution is -0.152. The maximum absolute atomic E-state index is 12.7. The first-order valence-electron chi connectivity index (χ1n) is 9.19. The normalized spacial score (nSPS) is 15.4. The van der Waals surface area contributed by atoms with Crippen LogP contribution in [0.25, 0.3) is 0 Å². The van der Waals surface area contributed by atoms with Crippen LogP contribution in [0.4, 0.5) is 0 Å². The van der Waals surface area contributed by atoms with E-state index in [4.69, 9.17) is 4.74 Å². The molecule has 0 fully saturated rings. The van der Waals surface area contributed by atoms with E-state index < -0.39 is 36.3 Å². The third-order valence-electron chi connectivity index (χ3n) is 4.74. The number of hydrogen-bond donors (Lipinski definition) is 1. The molecule has 152 valence electrons. The molecule has 1 heterocycles. The Labute approximate surface area is 169 Å². The molecule has 0 unspecified atom stereocenters. The maximum atomic E-state index is 12.7. The lowest BCUT2D eigenvalue weighted by Crippen LogP contribution is -2.47. The summed E-state index contributed by atoms with van der Waals surface area (Å²) in [4.78, 5) is 51.0. The van der Waals surface area contributed by atoms with E-state index in [1.807, 2.05) is 27.0 Å². The minimum absolute atomic E-state index is 0.0604. The molecule has 0 spiro atoms. The number of amides is 3. The zero-order valence-corrected chi connectivity index (χ0v) is 17.4. The Morgan fingerprint density at radius 2 is 1.68 bits per heavy atom. The van der Waals surface area contributed by atoms with Gasteiger partial charge >= 0.3 is 5.97 Å². The highest BCUT2D eigenvalue weighted by Gasteiger charge is 2.43. The quantitative estimate of drug-likeness (QED) is 0.499. The molecule has 1 N–H and O–H groups in total. The number of ether oxygens (including phenoxy) is 1. The van der Waals surface area contributed by atoms with Crippen LogP contribution in [0, 0.1) is 5.92 Å². The predicted molar refractivity (Wildman–Crippen MR) is 107 cm³/mol. The Balaban J connectivity index is 2.09. The first-order chi connectivity index (χ1) is 13.3. The van der Waals surface area contributed by atoms with E-state index in [2.05, 4.69) is 5.32 Å². The second-order valence-electron chi connectivity index (χ2n) is 7.03. The van der Waals surface area contributed by atoms with Gasteiger partial charge in [0.05, 0.1) is 11.1 Å². The van der Waals surface area contributed by atoms with Crippen molar-refractivity contribution in [1.82, 2.24) is 10.2 Å². The molecule has 0 radical (unpaired) electrons. The van der Waals surface area contributed by atoms with Crippen molar-refractivity contribution in [1.29, 1.82) is 0 Å². The Morgan fingerprint density at radius 3 is 2.18 bits per heavy atom. The van der Waals surface area contributed by atoms with Crippen molar-refractivity contribution in [3.05, 3.63) is 35.4 Å². The molecule has 1 aromatic carbocycles. The highest BCUT2D eigenvalue weighted by molar-refractivity contribution is 7.98. The Hall–Kier alpha value is -2.35. The molecular weight excluding hydrogens is 380 g/mol. The Bertz CT molecular complexity index is 730. The SMILES string of the molecule is CSCC[C@H](C(=O)OCC(=O)N[C@@H](C)C(C)C)N1C(=O)c2ccccc2C1=O. The molecule has 0 bridgehead atoms. The number of imide groups is 1. The van der Waals surface area contributed by atoms with Crippen LogP contribution >= 0.6 is 11.8 Å². The Morgan fingerprint density at radius 1 is 1.11 bits per heavy atom. The molecule has 1 aliphatic heterocycles. The largest absolute Gasteiger partial charge is 0.454 e. The molecule has 0 aromatic heterocycles. The predicted octanol–water partition coefficient (Wildman–Crippen LogP) is 2.11. The number of thioether (sulfide) groups is 1. The molecule has 0 saturated carbocycles. The van der Waals surface area contributed by atoms with E-state index >= 15 is 0 Å². The van der Waals surface area contributed by atoms with Crippen molar-refractivity contribution >= 4 is 35.5 Å². The molecule has 1 aromatic rings. The zero-order valence-electron chi connectivity index (χ0n) is 16.6. The van der Waals surface area contributed by atoms with E-state index in [1.54, 1.807) is 24.3 Å². The smallest absolute Gasteiger partial charge is 0.329 e. The van der Waals surface area contributed by atoms with Crippen molar-refractivity contribution in [2.24, 2.45) is 5.92 Å². The van der Waals surface area contributed by atoms with Gasteiger partial charge in [-0.3, -0.25) is 19.3 Å². The topological polar surface area (TPSA) is 92.8 Å². The van der Waals surface area contributed by atoms with Crippen molar-refractivity contribution in [3.8, 4) is 0 Å². The molecule has 1 aliphatic rings.